The first kappa shape index (κ1) is 23.2. The number of thioether (sulfide) groups is 1. The van der Waals surface area contributed by atoms with Crippen LogP contribution in [0.25, 0.3) is 0 Å². The van der Waals surface area contributed by atoms with E-state index in [0.717, 1.165) is 17.1 Å². The fourth-order valence-electron chi connectivity index (χ4n) is 2.66. The fraction of sp³-hybridized carbons (Fsp3) is 0.619. The predicted octanol–water partition coefficient (Wildman–Crippen LogP) is 4.70. The molecule has 162 valence electrons. The summed E-state index contributed by atoms with van der Waals surface area (Å²) in [6.07, 6.45) is -1.09. The van der Waals surface area contributed by atoms with E-state index in [4.69, 9.17) is 14.2 Å². The molecule has 0 aromatic heterocycles. The molecule has 0 N–H and O–H groups in total. The molecule has 0 saturated carbocycles. The lowest BCUT2D eigenvalue weighted by Gasteiger charge is -2.31. The molecule has 1 aromatic rings. The Kier molecular flexibility index (Phi) is 7.32. The van der Waals surface area contributed by atoms with Crippen molar-refractivity contribution in [2.75, 3.05) is 20.2 Å². The Morgan fingerprint density at radius 3 is 1.76 bits per heavy atom. The molecule has 1 aliphatic rings. The number of ether oxygens (including phenoxy) is 3. The molecule has 0 unspecified atom stereocenters. The van der Waals surface area contributed by atoms with Crippen molar-refractivity contribution in [1.82, 2.24) is 10.0 Å². The summed E-state index contributed by atoms with van der Waals surface area (Å²) in [5.74, 6) is 1.57. The average molecular weight is 425 g/mol. The van der Waals surface area contributed by atoms with Gasteiger partial charge in [0, 0.05) is 11.0 Å². The Morgan fingerprint density at radius 1 is 0.931 bits per heavy atom. The minimum atomic E-state index is -0.648. The minimum absolute atomic E-state index is 0.0529. The number of hydrogen-bond donors (Lipinski definition) is 0. The number of carbonyl (C=O) groups excluding carboxylic acids is 2. The van der Waals surface area contributed by atoms with Gasteiger partial charge in [-0.3, -0.25) is 0 Å². The molecular formula is C21H32N2O5S. The number of nitrogens with zero attached hydrogens (tertiary/aromatic N) is 2. The van der Waals surface area contributed by atoms with Crippen LogP contribution in [0.3, 0.4) is 0 Å². The highest BCUT2D eigenvalue weighted by Gasteiger charge is 2.41. The number of benzene rings is 1. The van der Waals surface area contributed by atoms with Crippen molar-refractivity contribution >= 4 is 23.9 Å². The number of rotatable bonds is 4. The molecule has 2 rings (SSSR count). The summed E-state index contributed by atoms with van der Waals surface area (Å²) in [5, 5.41) is 2.76. The third-order valence-electron chi connectivity index (χ3n) is 3.90. The molecule has 7 nitrogen and oxygen atoms in total. The van der Waals surface area contributed by atoms with Gasteiger partial charge in [-0.25, -0.2) is 19.6 Å². The first-order valence-corrected chi connectivity index (χ1v) is 10.7. The maximum absolute atomic E-state index is 12.7. The van der Waals surface area contributed by atoms with Crippen LogP contribution in [0, 0.1) is 0 Å². The molecular weight excluding hydrogens is 392 g/mol. The van der Waals surface area contributed by atoms with Crippen LogP contribution in [0.5, 0.6) is 5.75 Å². The van der Waals surface area contributed by atoms with E-state index >= 15 is 0 Å². The lowest BCUT2D eigenvalue weighted by Crippen LogP contribution is -2.48. The molecule has 1 heterocycles. The van der Waals surface area contributed by atoms with Crippen LogP contribution in [-0.2, 0) is 15.2 Å². The van der Waals surface area contributed by atoms with Crippen LogP contribution < -0.4 is 4.74 Å². The molecule has 1 fully saturated rings. The molecule has 1 aromatic carbocycles. The first-order chi connectivity index (χ1) is 13.4. The van der Waals surface area contributed by atoms with Gasteiger partial charge in [-0.2, -0.15) is 0 Å². The van der Waals surface area contributed by atoms with E-state index in [1.54, 1.807) is 60.4 Å². The summed E-state index contributed by atoms with van der Waals surface area (Å²) < 4.78 is 16.2. The summed E-state index contributed by atoms with van der Waals surface area (Å²) >= 11 is 1.69. The standard InChI is InChI=1S/C21H32N2O5S/c1-20(2,3)27-18(24)22-12-17(13-23(22)19(25)28-21(4,5)6)29-14-15-8-10-16(26-7)11-9-15/h8-11,17H,12-14H2,1-7H3. The highest BCUT2D eigenvalue weighted by molar-refractivity contribution is 7.99. The Morgan fingerprint density at radius 2 is 1.38 bits per heavy atom. The van der Waals surface area contributed by atoms with Crippen LogP contribution >= 0.6 is 11.8 Å². The van der Waals surface area contributed by atoms with E-state index in [1.165, 1.54) is 10.0 Å². The van der Waals surface area contributed by atoms with Crippen LogP contribution in [0.1, 0.15) is 47.1 Å². The lowest BCUT2D eigenvalue weighted by molar-refractivity contribution is -0.0428. The number of carbonyl (C=O) groups is 2. The molecule has 0 atom stereocenters. The van der Waals surface area contributed by atoms with E-state index in [9.17, 15) is 9.59 Å². The largest absolute Gasteiger partial charge is 0.497 e. The molecule has 8 heteroatoms. The van der Waals surface area contributed by atoms with Crippen molar-refractivity contribution in [3.63, 3.8) is 0 Å². The molecule has 2 amide bonds. The zero-order valence-electron chi connectivity index (χ0n) is 18.4. The predicted molar refractivity (Wildman–Crippen MR) is 114 cm³/mol. The van der Waals surface area contributed by atoms with Gasteiger partial charge < -0.3 is 14.2 Å². The van der Waals surface area contributed by atoms with Gasteiger partial charge in [0.15, 0.2) is 0 Å². The van der Waals surface area contributed by atoms with E-state index in [-0.39, 0.29) is 5.25 Å². The molecule has 0 radical (unpaired) electrons. The van der Waals surface area contributed by atoms with Gasteiger partial charge in [-0.15, -0.1) is 11.8 Å². The second-order valence-corrected chi connectivity index (χ2v) is 10.2. The maximum atomic E-state index is 12.7. The molecule has 0 spiro atoms. The normalized spacial score (nSPS) is 15.4. The van der Waals surface area contributed by atoms with Crippen molar-refractivity contribution in [3.05, 3.63) is 29.8 Å². The quantitative estimate of drug-likeness (QED) is 0.698. The van der Waals surface area contributed by atoms with E-state index in [0.29, 0.717) is 13.1 Å². The van der Waals surface area contributed by atoms with Crippen LogP contribution in [0.2, 0.25) is 0 Å². The van der Waals surface area contributed by atoms with Gasteiger partial charge in [0.25, 0.3) is 0 Å². The van der Waals surface area contributed by atoms with Gasteiger partial charge in [-0.05, 0) is 59.2 Å². The third-order valence-corrected chi connectivity index (χ3v) is 5.17. The second kappa shape index (κ2) is 9.15. The lowest BCUT2D eigenvalue weighted by atomic mass is 10.2. The van der Waals surface area contributed by atoms with Gasteiger partial charge >= 0.3 is 12.2 Å². The zero-order valence-corrected chi connectivity index (χ0v) is 19.2. The van der Waals surface area contributed by atoms with Crippen molar-refractivity contribution < 1.29 is 23.8 Å². The van der Waals surface area contributed by atoms with Crippen LogP contribution in [-0.4, -0.2) is 58.9 Å². The van der Waals surface area contributed by atoms with E-state index in [2.05, 4.69) is 0 Å². The Balaban J connectivity index is 2.06. The molecule has 1 saturated heterocycles. The smallest absolute Gasteiger partial charge is 0.429 e. The maximum Gasteiger partial charge on any atom is 0.429 e. The number of hydrazine groups is 1. The summed E-state index contributed by atoms with van der Waals surface area (Å²) in [6, 6.07) is 7.87. The van der Waals surface area contributed by atoms with Gasteiger partial charge in [-0.1, -0.05) is 12.1 Å². The minimum Gasteiger partial charge on any atom is -0.497 e. The molecule has 0 aliphatic carbocycles. The van der Waals surface area contributed by atoms with Gasteiger partial charge in [0.2, 0.25) is 0 Å². The second-order valence-electron chi connectivity index (χ2n) is 8.91. The van der Waals surface area contributed by atoms with Crippen molar-refractivity contribution in [2.45, 2.75) is 63.7 Å². The highest BCUT2D eigenvalue weighted by Crippen LogP contribution is 2.28. The van der Waals surface area contributed by atoms with E-state index in [1.807, 2.05) is 24.3 Å². The Labute approximate surface area is 177 Å². The van der Waals surface area contributed by atoms with E-state index < -0.39 is 23.4 Å². The Bertz CT molecular complexity index is 673. The van der Waals surface area contributed by atoms with Crippen molar-refractivity contribution in [2.24, 2.45) is 0 Å². The molecule has 0 bridgehead atoms. The first-order valence-electron chi connectivity index (χ1n) is 9.63. The summed E-state index contributed by atoms with van der Waals surface area (Å²) in [7, 11) is 1.64. The Hall–Kier alpha value is -2.09. The molecule has 29 heavy (non-hydrogen) atoms. The average Bonchev–Trinajstić information content (AvgIpc) is 3.02. The SMILES string of the molecule is COc1ccc(CSC2CN(C(=O)OC(C)(C)C)N(C(=O)OC(C)(C)C)C2)cc1. The van der Waals surface area contributed by atoms with Crippen LogP contribution in [0.15, 0.2) is 24.3 Å². The monoisotopic (exact) mass is 424 g/mol. The number of methoxy groups -OCH3 is 1. The highest BCUT2D eigenvalue weighted by atomic mass is 32.2. The summed E-state index contributed by atoms with van der Waals surface area (Å²) in [6.45, 7) is 11.6. The number of hydrogen-bond acceptors (Lipinski definition) is 6. The van der Waals surface area contributed by atoms with Crippen LogP contribution in [0.4, 0.5) is 9.59 Å². The van der Waals surface area contributed by atoms with Crippen molar-refractivity contribution in [3.8, 4) is 5.75 Å². The topological polar surface area (TPSA) is 68.3 Å². The van der Waals surface area contributed by atoms with Gasteiger partial charge in [0.1, 0.15) is 17.0 Å². The molecule has 1 aliphatic heterocycles. The van der Waals surface area contributed by atoms with Gasteiger partial charge in [0.05, 0.1) is 20.2 Å². The fourth-order valence-corrected chi connectivity index (χ4v) is 3.77. The van der Waals surface area contributed by atoms with Crippen molar-refractivity contribution in [1.29, 1.82) is 0 Å². The summed E-state index contributed by atoms with van der Waals surface area (Å²) in [5.41, 5.74) is -0.147. The third kappa shape index (κ3) is 7.34. The number of amides is 2. The zero-order chi connectivity index (χ0) is 21.8. The summed E-state index contributed by atoms with van der Waals surface area (Å²) in [4.78, 5) is 25.3.